The van der Waals surface area contributed by atoms with Crippen molar-refractivity contribution in [2.75, 3.05) is 6.54 Å². The summed E-state index contributed by atoms with van der Waals surface area (Å²) in [7, 11) is 0. The molecule has 0 saturated carbocycles. The van der Waals surface area contributed by atoms with Crippen LogP contribution in [-0.4, -0.2) is 16.7 Å². The predicted octanol–water partition coefficient (Wildman–Crippen LogP) is 3.46. The topological polar surface area (TPSA) is 47.0 Å². The van der Waals surface area contributed by atoms with Crippen molar-refractivity contribution in [3.8, 4) is 11.6 Å². The third kappa shape index (κ3) is 4.79. The number of rotatable bonds is 6. The molecule has 112 valence electrons. The van der Waals surface area contributed by atoms with E-state index in [-0.39, 0.29) is 5.82 Å². The number of hydrogen-bond donors (Lipinski definition) is 1. The molecule has 0 saturated heterocycles. The summed E-state index contributed by atoms with van der Waals surface area (Å²) in [5.41, 5.74) is 1.43. The first kappa shape index (κ1) is 15.4. The summed E-state index contributed by atoms with van der Waals surface area (Å²) in [5.74, 6) is 1.07. The average molecular weight is 289 g/mol. The molecule has 0 aliphatic heterocycles. The van der Waals surface area contributed by atoms with Crippen LogP contribution in [0.15, 0.2) is 30.3 Å². The Morgan fingerprint density at radius 1 is 1.19 bits per heavy atom. The molecule has 0 fully saturated rings. The van der Waals surface area contributed by atoms with Crippen LogP contribution in [0.3, 0.4) is 0 Å². The first-order valence-corrected chi connectivity index (χ1v) is 7.02. The number of benzene rings is 1. The zero-order chi connectivity index (χ0) is 15.2. The largest absolute Gasteiger partial charge is 0.437 e. The van der Waals surface area contributed by atoms with E-state index in [0.29, 0.717) is 29.7 Å². The van der Waals surface area contributed by atoms with Gasteiger partial charge in [0.05, 0.1) is 5.69 Å². The Kier molecular flexibility index (Phi) is 5.22. The molecule has 0 amide bonds. The second kappa shape index (κ2) is 7.13. The molecule has 2 aromatic rings. The summed E-state index contributed by atoms with van der Waals surface area (Å²) >= 11 is 0. The molecular weight excluding hydrogens is 269 g/mol. The van der Waals surface area contributed by atoms with Crippen molar-refractivity contribution >= 4 is 0 Å². The average Bonchev–Trinajstić information content (AvgIpc) is 2.44. The lowest BCUT2D eigenvalue weighted by atomic mass is 10.2. The van der Waals surface area contributed by atoms with Crippen LogP contribution in [0.2, 0.25) is 0 Å². The lowest BCUT2D eigenvalue weighted by Gasteiger charge is -2.08. The van der Waals surface area contributed by atoms with Crippen molar-refractivity contribution in [1.29, 1.82) is 0 Å². The van der Waals surface area contributed by atoms with E-state index in [0.717, 1.165) is 12.2 Å². The van der Waals surface area contributed by atoms with Gasteiger partial charge in [-0.15, -0.1) is 5.10 Å². The summed E-state index contributed by atoms with van der Waals surface area (Å²) in [6.45, 7) is 7.61. The van der Waals surface area contributed by atoms with Crippen LogP contribution in [0, 0.1) is 18.7 Å². The van der Waals surface area contributed by atoms with Gasteiger partial charge in [-0.1, -0.05) is 19.9 Å². The Bertz CT molecular complexity index is 585. The van der Waals surface area contributed by atoms with Crippen LogP contribution < -0.4 is 10.1 Å². The standard InChI is InChI=1S/C16H20FN3O/c1-11(2)9-18-10-13-5-7-16(20-19-13)21-14-6-4-12(3)15(17)8-14/h4-8,11,18H,9-10H2,1-3H3. The fourth-order valence-electron chi connectivity index (χ4n) is 1.74. The van der Waals surface area contributed by atoms with Crippen LogP contribution in [0.5, 0.6) is 11.6 Å². The van der Waals surface area contributed by atoms with Crippen LogP contribution in [0.4, 0.5) is 4.39 Å². The van der Waals surface area contributed by atoms with Crippen LogP contribution in [-0.2, 0) is 6.54 Å². The van der Waals surface area contributed by atoms with Gasteiger partial charge in [0.25, 0.3) is 0 Å². The number of nitrogens with zero attached hydrogens (tertiary/aromatic N) is 2. The van der Waals surface area contributed by atoms with Gasteiger partial charge >= 0.3 is 0 Å². The molecule has 0 bridgehead atoms. The second-order valence-electron chi connectivity index (χ2n) is 5.40. The summed E-state index contributed by atoms with van der Waals surface area (Å²) in [4.78, 5) is 0. The smallest absolute Gasteiger partial charge is 0.238 e. The highest BCUT2D eigenvalue weighted by Gasteiger charge is 2.04. The molecule has 0 atom stereocenters. The highest BCUT2D eigenvalue weighted by atomic mass is 19.1. The van der Waals surface area contributed by atoms with Gasteiger partial charge in [0.1, 0.15) is 11.6 Å². The molecule has 1 aromatic heterocycles. The number of hydrogen-bond acceptors (Lipinski definition) is 4. The molecule has 0 aliphatic carbocycles. The van der Waals surface area contributed by atoms with Crippen molar-refractivity contribution in [3.05, 3.63) is 47.4 Å². The SMILES string of the molecule is Cc1ccc(Oc2ccc(CNCC(C)C)nn2)cc1F. The molecule has 1 aromatic carbocycles. The number of halogens is 1. The van der Waals surface area contributed by atoms with Gasteiger partial charge in [0.2, 0.25) is 5.88 Å². The van der Waals surface area contributed by atoms with Crippen molar-refractivity contribution < 1.29 is 9.13 Å². The van der Waals surface area contributed by atoms with E-state index in [1.165, 1.54) is 6.07 Å². The lowest BCUT2D eigenvalue weighted by Crippen LogP contribution is -2.19. The third-order valence-electron chi connectivity index (χ3n) is 2.92. The Labute approximate surface area is 124 Å². The van der Waals surface area contributed by atoms with E-state index in [1.807, 2.05) is 6.07 Å². The highest BCUT2D eigenvalue weighted by molar-refractivity contribution is 5.30. The fraction of sp³-hybridized carbons (Fsp3) is 0.375. The number of aromatic nitrogens is 2. The number of nitrogens with one attached hydrogen (secondary N) is 1. The van der Waals surface area contributed by atoms with Gasteiger partial charge in [0.15, 0.2) is 0 Å². The van der Waals surface area contributed by atoms with Crippen LogP contribution >= 0.6 is 0 Å². The lowest BCUT2D eigenvalue weighted by molar-refractivity contribution is 0.447. The molecule has 4 nitrogen and oxygen atoms in total. The monoisotopic (exact) mass is 289 g/mol. The number of ether oxygens (including phenoxy) is 1. The van der Waals surface area contributed by atoms with Crippen LogP contribution in [0.25, 0.3) is 0 Å². The van der Waals surface area contributed by atoms with Gasteiger partial charge in [-0.05, 0) is 37.1 Å². The van der Waals surface area contributed by atoms with E-state index in [2.05, 4.69) is 29.4 Å². The molecular formula is C16H20FN3O. The molecule has 0 radical (unpaired) electrons. The third-order valence-corrected chi connectivity index (χ3v) is 2.92. The predicted molar refractivity (Wildman–Crippen MR) is 79.8 cm³/mol. The minimum atomic E-state index is -0.296. The maximum absolute atomic E-state index is 13.4. The Hall–Kier alpha value is -2.01. The van der Waals surface area contributed by atoms with Crippen molar-refractivity contribution in [2.45, 2.75) is 27.3 Å². The van der Waals surface area contributed by atoms with Gasteiger partial charge in [-0.2, -0.15) is 5.10 Å². The zero-order valence-electron chi connectivity index (χ0n) is 12.6. The Morgan fingerprint density at radius 3 is 2.62 bits per heavy atom. The zero-order valence-corrected chi connectivity index (χ0v) is 12.6. The quantitative estimate of drug-likeness (QED) is 0.884. The highest BCUT2D eigenvalue weighted by Crippen LogP contribution is 2.21. The van der Waals surface area contributed by atoms with E-state index >= 15 is 0 Å². The maximum Gasteiger partial charge on any atom is 0.238 e. The minimum Gasteiger partial charge on any atom is -0.437 e. The molecule has 0 unspecified atom stereocenters. The maximum atomic E-state index is 13.4. The molecule has 1 heterocycles. The van der Waals surface area contributed by atoms with Crippen molar-refractivity contribution in [1.82, 2.24) is 15.5 Å². The first-order valence-electron chi connectivity index (χ1n) is 7.02. The summed E-state index contributed by atoms with van der Waals surface area (Å²) < 4.78 is 18.9. The molecule has 1 N–H and O–H groups in total. The van der Waals surface area contributed by atoms with E-state index in [9.17, 15) is 4.39 Å². The van der Waals surface area contributed by atoms with E-state index in [1.54, 1.807) is 25.1 Å². The summed E-state index contributed by atoms with van der Waals surface area (Å²) in [5, 5.41) is 11.4. The van der Waals surface area contributed by atoms with E-state index < -0.39 is 0 Å². The Morgan fingerprint density at radius 2 is 2.00 bits per heavy atom. The molecule has 5 heteroatoms. The minimum absolute atomic E-state index is 0.296. The Balaban J connectivity index is 1.94. The van der Waals surface area contributed by atoms with Gasteiger partial charge in [-0.25, -0.2) is 4.39 Å². The summed E-state index contributed by atoms with van der Waals surface area (Å²) in [6, 6.07) is 8.30. The molecule has 0 aliphatic rings. The second-order valence-corrected chi connectivity index (χ2v) is 5.40. The van der Waals surface area contributed by atoms with Crippen molar-refractivity contribution in [3.63, 3.8) is 0 Å². The summed E-state index contributed by atoms with van der Waals surface area (Å²) in [6.07, 6.45) is 0. The fourth-order valence-corrected chi connectivity index (χ4v) is 1.74. The normalized spacial score (nSPS) is 10.9. The molecule has 2 rings (SSSR count). The molecule has 0 spiro atoms. The van der Waals surface area contributed by atoms with Gasteiger partial charge < -0.3 is 10.1 Å². The van der Waals surface area contributed by atoms with Crippen molar-refractivity contribution in [2.24, 2.45) is 5.92 Å². The van der Waals surface area contributed by atoms with Gasteiger partial charge in [-0.3, -0.25) is 0 Å². The first-order chi connectivity index (χ1) is 10.0. The molecule has 21 heavy (non-hydrogen) atoms. The van der Waals surface area contributed by atoms with Gasteiger partial charge in [0, 0.05) is 18.7 Å². The van der Waals surface area contributed by atoms with Crippen LogP contribution in [0.1, 0.15) is 25.1 Å². The number of aryl methyl sites for hydroxylation is 1. The van der Waals surface area contributed by atoms with E-state index in [4.69, 9.17) is 4.74 Å².